The van der Waals surface area contributed by atoms with Crippen molar-refractivity contribution < 1.29 is 14.3 Å². The van der Waals surface area contributed by atoms with E-state index >= 15 is 0 Å². The number of alkyl carbamates (subject to hydrolysis) is 1. The van der Waals surface area contributed by atoms with Crippen LogP contribution in [0, 0.1) is 0 Å². The molecule has 98 valence electrons. The van der Waals surface area contributed by atoms with Gasteiger partial charge in [-0.2, -0.15) is 0 Å². The Hall–Kier alpha value is -1.84. The second-order valence-corrected chi connectivity index (χ2v) is 4.59. The average molecular weight is 249 g/mol. The molecule has 0 bridgehead atoms. The van der Waals surface area contributed by atoms with Gasteiger partial charge in [0.2, 0.25) is 0 Å². The normalized spacial score (nSPS) is 10.8. The van der Waals surface area contributed by atoms with Crippen molar-refractivity contribution in [2.24, 2.45) is 0 Å². The van der Waals surface area contributed by atoms with Crippen LogP contribution in [0.4, 0.5) is 4.79 Å². The zero-order valence-electron chi connectivity index (χ0n) is 11.0. The van der Waals surface area contributed by atoms with Crippen LogP contribution >= 0.6 is 0 Å². The minimum atomic E-state index is -0.886. The van der Waals surface area contributed by atoms with Gasteiger partial charge < -0.3 is 10.1 Å². The maximum atomic E-state index is 11.6. The quantitative estimate of drug-likeness (QED) is 0.872. The highest BCUT2D eigenvalue weighted by Crippen LogP contribution is 2.08. The Morgan fingerprint density at radius 3 is 2.39 bits per heavy atom. The minimum Gasteiger partial charge on any atom is -0.445 e. The van der Waals surface area contributed by atoms with E-state index in [-0.39, 0.29) is 12.4 Å². The molecule has 4 nitrogen and oxygen atoms in total. The second kappa shape index (κ2) is 6.19. The Morgan fingerprint density at radius 1 is 1.22 bits per heavy atom. The Balaban J connectivity index is 2.45. The third-order valence-corrected chi connectivity index (χ3v) is 2.65. The number of hydrogen-bond acceptors (Lipinski definition) is 3. The fourth-order valence-electron chi connectivity index (χ4n) is 1.53. The molecule has 0 atom stereocenters. The summed E-state index contributed by atoms with van der Waals surface area (Å²) in [4.78, 5) is 23.1. The van der Waals surface area contributed by atoms with Crippen molar-refractivity contribution in [2.45, 2.75) is 39.3 Å². The highest BCUT2D eigenvalue weighted by molar-refractivity contribution is 5.90. The zero-order chi connectivity index (χ0) is 13.6. The van der Waals surface area contributed by atoms with Crippen LogP contribution in [0.15, 0.2) is 30.3 Å². The smallest absolute Gasteiger partial charge is 0.408 e. The summed E-state index contributed by atoms with van der Waals surface area (Å²) < 4.78 is 5.06. The summed E-state index contributed by atoms with van der Waals surface area (Å²) in [5.74, 6) is -0.0286. The number of ketones is 1. The van der Waals surface area contributed by atoms with Gasteiger partial charge in [-0.05, 0) is 19.4 Å². The molecule has 0 radical (unpaired) electrons. The molecule has 0 fully saturated rings. The average Bonchev–Trinajstić information content (AvgIpc) is 2.36. The highest BCUT2D eigenvalue weighted by Gasteiger charge is 2.28. The summed E-state index contributed by atoms with van der Waals surface area (Å²) in [5.41, 5.74) is 0.0231. The number of rotatable bonds is 5. The summed E-state index contributed by atoms with van der Waals surface area (Å²) in [6.07, 6.45) is -0.197. The van der Waals surface area contributed by atoms with Crippen LogP contribution in [0.1, 0.15) is 32.8 Å². The third kappa shape index (κ3) is 4.20. The molecule has 4 heteroatoms. The van der Waals surface area contributed by atoms with Crippen molar-refractivity contribution >= 4 is 11.9 Å². The molecule has 0 aromatic heterocycles. The molecule has 1 N–H and O–H groups in total. The van der Waals surface area contributed by atoms with Crippen molar-refractivity contribution in [1.82, 2.24) is 5.32 Å². The predicted octanol–water partition coefficient (Wildman–Crippen LogP) is 2.67. The largest absolute Gasteiger partial charge is 0.445 e. The molecule has 0 aliphatic carbocycles. The van der Waals surface area contributed by atoms with Gasteiger partial charge in [-0.15, -0.1) is 0 Å². The van der Waals surface area contributed by atoms with E-state index in [1.165, 1.54) is 0 Å². The van der Waals surface area contributed by atoms with E-state index in [9.17, 15) is 9.59 Å². The topological polar surface area (TPSA) is 55.4 Å². The van der Waals surface area contributed by atoms with Gasteiger partial charge in [0.1, 0.15) is 6.61 Å². The first kappa shape index (κ1) is 14.2. The monoisotopic (exact) mass is 249 g/mol. The first-order valence-electron chi connectivity index (χ1n) is 5.98. The lowest BCUT2D eigenvalue weighted by Crippen LogP contribution is -2.49. The van der Waals surface area contributed by atoms with Crippen LogP contribution in [0.25, 0.3) is 0 Å². The van der Waals surface area contributed by atoms with Crippen molar-refractivity contribution in [1.29, 1.82) is 0 Å². The van der Waals surface area contributed by atoms with Crippen LogP contribution in [0.5, 0.6) is 0 Å². The number of carbonyl (C=O) groups is 2. The van der Waals surface area contributed by atoms with E-state index in [1.54, 1.807) is 20.8 Å². The van der Waals surface area contributed by atoms with Gasteiger partial charge in [0.05, 0.1) is 5.54 Å². The first-order chi connectivity index (χ1) is 8.45. The van der Waals surface area contributed by atoms with Gasteiger partial charge in [0.25, 0.3) is 0 Å². The lowest BCUT2D eigenvalue weighted by atomic mass is 9.98. The molecule has 0 unspecified atom stereocenters. The molecule has 0 aliphatic heterocycles. The summed E-state index contributed by atoms with van der Waals surface area (Å²) >= 11 is 0. The number of nitrogens with one attached hydrogen (secondary N) is 1. The van der Waals surface area contributed by atoms with Crippen molar-refractivity contribution in [3.05, 3.63) is 35.9 Å². The molecular weight excluding hydrogens is 230 g/mol. The Labute approximate surface area is 107 Å². The molecule has 0 saturated carbocycles. The zero-order valence-corrected chi connectivity index (χ0v) is 11.0. The van der Waals surface area contributed by atoms with E-state index in [2.05, 4.69) is 5.32 Å². The van der Waals surface area contributed by atoms with Crippen molar-refractivity contribution in [3.8, 4) is 0 Å². The van der Waals surface area contributed by atoms with Gasteiger partial charge in [0, 0.05) is 6.42 Å². The molecule has 0 heterocycles. The summed E-state index contributed by atoms with van der Waals surface area (Å²) in [6.45, 7) is 5.30. The molecule has 1 aromatic rings. The Bertz CT molecular complexity index is 412. The molecule has 0 aliphatic rings. The maximum absolute atomic E-state index is 11.6. The molecule has 18 heavy (non-hydrogen) atoms. The third-order valence-electron chi connectivity index (χ3n) is 2.65. The molecule has 1 aromatic carbocycles. The number of Topliss-reactive ketones (excluding diaryl/α,β-unsaturated/α-hetero) is 1. The van der Waals surface area contributed by atoms with E-state index in [1.807, 2.05) is 30.3 Å². The van der Waals surface area contributed by atoms with Crippen molar-refractivity contribution in [3.63, 3.8) is 0 Å². The van der Waals surface area contributed by atoms with E-state index in [4.69, 9.17) is 4.74 Å². The van der Waals surface area contributed by atoms with Crippen molar-refractivity contribution in [2.75, 3.05) is 0 Å². The van der Waals surface area contributed by atoms with Crippen LogP contribution in [-0.4, -0.2) is 17.4 Å². The molecule has 1 rings (SSSR count). The summed E-state index contributed by atoms with van der Waals surface area (Å²) in [5, 5.41) is 2.57. The number of hydrogen-bond donors (Lipinski definition) is 1. The molecule has 0 saturated heterocycles. The number of amides is 1. The first-order valence-corrected chi connectivity index (χ1v) is 5.98. The molecule has 0 spiro atoms. The van der Waals surface area contributed by atoms with Gasteiger partial charge in [-0.25, -0.2) is 4.79 Å². The molecule has 1 amide bonds. The van der Waals surface area contributed by atoms with Crippen LogP contribution < -0.4 is 5.32 Å². The number of ether oxygens (including phenoxy) is 1. The highest BCUT2D eigenvalue weighted by atomic mass is 16.5. The minimum absolute atomic E-state index is 0.0286. The van der Waals surface area contributed by atoms with E-state index in [0.29, 0.717) is 6.42 Å². The van der Waals surface area contributed by atoms with Gasteiger partial charge >= 0.3 is 6.09 Å². The standard InChI is InChI=1S/C14H19NO3/c1-4-12(16)14(2,3)15-13(17)18-10-11-8-6-5-7-9-11/h5-9H,4,10H2,1-3H3,(H,15,17). The Kier molecular flexibility index (Phi) is 4.89. The van der Waals surface area contributed by atoms with Gasteiger partial charge in [-0.3, -0.25) is 4.79 Å². The molecular formula is C14H19NO3. The van der Waals surface area contributed by atoms with Gasteiger partial charge in [-0.1, -0.05) is 37.3 Å². The van der Waals surface area contributed by atoms with Gasteiger partial charge in [0.15, 0.2) is 5.78 Å². The van der Waals surface area contributed by atoms with Crippen LogP contribution in [0.2, 0.25) is 0 Å². The van der Waals surface area contributed by atoms with Crippen LogP contribution in [-0.2, 0) is 16.1 Å². The second-order valence-electron chi connectivity index (χ2n) is 4.59. The number of carbonyl (C=O) groups excluding carboxylic acids is 2. The fourth-order valence-corrected chi connectivity index (χ4v) is 1.53. The van der Waals surface area contributed by atoms with Crippen LogP contribution in [0.3, 0.4) is 0 Å². The summed E-state index contributed by atoms with van der Waals surface area (Å²) in [6, 6.07) is 9.39. The maximum Gasteiger partial charge on any atom is 0.408 e. The fraction of sp³-hybridized carbons (Fsp3) is 0.429. The lowest BCUT2D eigenvalue weighted by Gasteiger charge is -2.23. The Morgan fingerprint density at radius 2 is 1.83 bits per heavy atom. The SMILES string of the molecule is CCC(=O)C(C)(C)NC(=O)OCc1ccccc1. The predicted molar refractivity (Wildman–Crippen MR) is 69.1 cm³/mol. The van der Waals surface area contributed by atoms with E-state index < -0.39 is 11.6 Å². The summed E-state index contributed by atoms with van der Waals surface area (Å²) in [7, 11) is 0. The number of benzene rings is 1. The lowest BCUT2D eigenvalue weighted by molar-refractivity contribution is -0.123. The van der Waals surface area contributed by atoms with E-state index in [0.717, 1.165) is 5.56 Å².